The van der Waals surface area contributed by atoms with Crippen molar-refractivity contribution >= 4 is 17.6 Å². The lowest BCUT2D eigenvalue weighted by atomic mass is 9.84. The fraction of sp³-hybridized carbons (Fsp3) is 0.167. The topological polar surface area (TPSA) is 46.5 Å². The van der Waals surface area contributed by atoms with Crippen LogP contribution in [0.2, 0.25) is 5.02 Å². The van der Waals surface area contributed by atoms with Crippen molar-refractivity contribution < 1.29 is 14.6 Å². The number of hydrogen-bond donors (Lipinski definition) is 1. The molecule has 1 heterocycles. The highest BCUT2D eigenvalue weighted by atomic mass is 35.5. The molecule has 0 saturated carbocycles. The number of allylic oxidation sites excluding steroid dienone is 1. The monoisotopic (exact) mass is 314 g/mol. The first kappa shape index (κ1) is 14.7. The number of carbonyl (C=O) groups is 1. The van der Waals surface area contributed by atoms with Crippen molar-refractivity contribution in [2.45, 2.75) is 18.9 Å². The van der Waals surface area contributed by atoms with Crippen LogP contribution < -0.4 is 0 Å². The van der Waals surface area contributed by atoms with E-state index >= 15 is 0 Å². The van der Waals surface area contributed by atoms with Crippen molar-refractivity contribution in [3.8, 4) is 0 Å². The van der Waals surface area contributed by atoms with Gasteiger partial charge in [-0.2, -0.15) is 0 Å². The van der Waals surface area contributed by atoms with Gasteiger partial charge in [-0.25, -0.2) is 4.79 Å². The Morgan fingerprint density at radius 2 is 1.68 bits per heavy atom. The summed E-state index contributed by atoms with van der Waals surface area (Å²) < 4.78 is 5.88. The Morgan fingerprint density at radius 1 is 1.05 bits per heavy atom. The zero-order valence-corrected chi connectivity index (χ0v) is 12.7. The van der Waals surface area contributed by atoms with E-state index in [1.54, 1.807) is 19.1 Å². The molecule has 0 radical (unpaired) electrons. The minimum Gasteiger partial charge on any atom is -0.489 e. The van der Waals surface area contributed by atoms with E-state index in [9.17, 15) is 9.90 Å². The van der Waals surface area contributed by atoms with E-state index in [-0.39, 0.29) is 12.0 Å². The lowest BCUT2D eigenvalue weighted by Crippen LogP contribution is -2.14. The third-order valence-corrected chi connectivity index (χ3v) is 4.14. The fourth-order valence-electron chi connectivity index (χ4n) is 2.89. The van der Waals surface area contributed by atoms with Crippen LogP contribution in [0.5, 0.6) is 0 Å². The second kappa shape index (κ2) is 5.85. The number of ether oxygens (including phenoxy) is 1. The highest BCUT2D eigenvalue weighted by Gasteiger charge is 2.40. The lowest BCUT2D eigenvalue weighted by molar-refractivity contribution is -0.133. The maximum atomic E-state index is 11.7. The summed E-state index contributed by atoms with van der Waals surface area (Å²) in [6, 6.07) is 16.9. The molecule has 1 aliphatic heterocycles. The predicted molar refractivity (Wildman–Crippen MR) is 84.8 cm³/mol. The molecule has 22 heavy (non-hydrogen) atoms. The molecular weight excluding hydrogens is 300 g/mol. The van der Waals surface area contributed by atoms with Gasteiger partial charge in [0.05, 0.1) is 11.5 Å². The minimum absolute atomic E-state index is 0.302. The van der Waals surface area contributed by atoms with Gasteiger partial charge in [-0.15, -0.1) is 0 Å². The summed E-state index contributed by atoms with van der Waals surface area (Å²) >= 11 is 5.94. The molecule has 0 aliphatic carbocycles. The molecule has 0 unspecified atom stereocenters. The van der Waals surface area contributed by atoms with Gasteiger partial charge in [-0.05, 0) is 30.2 Å². The Kier molecular flexibility index (Phi) is 3.90. The average Bonchev–Trinajstić information content (AvgIpc) is 2.86. The summed E-state index contributed by atoms with van der Waals surface area (Å²) in [5.74, 6) is -0.839. The predicted octanol–water partition coefficient (Wildman–Crippen LogP) is 4.55. The van der Waals surface area contributed by atoms with Gasteiger partial charge in [0.1, 0.15) is 11.9 Å². The molecule has 2 aromatic carbocycles. The number of benzene rings is 2. The molecule has 1 aliphatic rings. The number of aliphatic carboxylic acids is 1. The first-order valence-electron chi connectivity index (χ1n) is 6.99. The Balaban J connectivity index is 2.09. The van der Waals surface area contributed by atoms with Crippen molar-refractivity contribution in [1.29, 1.82) is 0 Å². The second-order valence-electron chi connectivity index (χ2n) is 5.25. The zero-order valence-electron chi connectivity index (χ0n) is 12.0. The highest BCUT2D eigenvalue weighted by Crippen LogP contribution is 2.47. The molecule has 2 atom stereocenters. The van der Waals surface area contributed by atoms with Gasteiger partial charge in [0.25, 0.3) is 0 Å². The van der Waals surface area contributed by atoms with Crippen LogP contribution in [0.4, 0.5) is 0 Å². The average molecular weight is 315 g/mol. The Morgan fingerprint density at radius 3 is 2.27 bits per heavy atom. The van der Waals surface area contributed by atoms with Crippen LogP contribution in [0, 0.1) is 0 Å². The highest BCUT2D eigenvalue weighted by molar-refractivity contribution is 6.30. The van der Waals surface area contributed by atoms with Gasteiger partial charge in [-0.1, -0.05) is 54.1 Å². The summed E-state index contributed by atoms with van der Waals surface area (Å²) in [6.07, 6.45) is -0.339. The Hall–Kier alpha value is -2.26. The lowest BCUT2D eigenvalue weighted by Gasteiger charge is -2.21. The van der Waals surface area contributed by atoms with E-state index in [2.05, 4.69) is 0 Å². The number of rotatable bonds is 3. The largest absolute Gasteiger partial charge is 0.489 e. The standard InChI is InChI=1S/C18H15ClO3/c1-11-15(18(20)21)16(12-7-9-14(19)10-8-12)17(22-11)13-5-3-2-4-6-13/h2-10,16-17H,1H3,(H,20,21)/t16-,17-/m0/s1. The minimum atomic E-state index is -0.948. The second-order valence-corrected chi connectivity index (χ2v) is 5.69. The molecule has 3 nitrogen and oxygen atoms in total. The van der Waals surface area contributed by atoms with E-state index in [0.717, 1.165) is 11.1 Å². The number of carboxylic acids is 1. The summed E-state index contributed by atoms with van der Waals surface area (Å²) in [7, 11) is 0. The van der Waals surface area contributed by atoms with E-state index in [1.165, 1.54) is 0 Å². The zero-order chi connectivity index (χ0) is 15.7. The van der Waals surface area contributed by atoms with Gasteiger partial charge in [-0.3, -0.25) is 0 Å². The SMILES string of the molecule is CC1=C(C(=O)O)[C@H](c2ccc(Cl)cc2)[C@H](c2ccccc2)O1. The molecule has 1 N–H and O–H groups in total. The van der Waals surface area contributed by atoms with Crippen molar-refractivity contribution in [2.75, 3.05) is 0 Å². The normalized spacial score (nSPS) is 20.8. The molecule has 2 aromatic rings. The third-order valence-electron chi connectivity index (χ3n) is 3.88. The molecule has 0 amide bonds. The van der Waals surface area contributed by atoms with E-state index in [1.807, 2.05) is 42.5 Å². The van der Waals surface area contributed by atoms with E-state index in [0.29, 0.717) is 16.4 Å². The Bertz CT molecular complexity index is 720. The summed E-state index contributed by atoms with van der Waals surface area (Å²) in [6.45, 7) is 1.70. The van der Waals surface area contributed by atoms with Crippen molar-refractivity contribution in [3.63, 3.8) is 0 Å². The van der Waals surface area contributed by atoms with Crippen LogP contribution >= 0.6 is 11.6 Å². The van der Waals surface area contributed by atoms with Gasteiger partial charge in [0, 0.05) is 5.02 Å². The van der Waals surface area contributed by atoms with Crippen LogP contribution in [0.1, 0.15) is 30.1 Å². The van der Waals surface area contributed by atoms with E-state index in [4.69, 9.17) is 16.3 Å². The van der Waals surface area contributed by atoms with Crippen molar-refractivity contribution in [1.82, 2.24) is 0 Å². The van der Waals surface area contributed by atoms with Crippen LogP contribution in [0.25, 0.3) is 0 Å². The summed E-state index contributed by atoms with van der Waals surface area (Å²) in [4.78, 5) is 11.7. The third kappa shape index (κ3) is 2.60. The fourth-order valence-corrected chi connectivity index (χ4v) is 3.02. The van der Waals surface area contributed by atoms with Crippen LogP contribution in [-0.2, 0) is 9.53 Å². The molecular formula is C18H15ClO3. The first-order chi connectivity index (χ1) is 10.6. The van der Waals surface area contributed by atoms with Crippen LogP contribution in [0.3, 0.4) is 0 Å². The first-order valence-corrected chi connectivity index (χ1v) is 7.37. The number of halogens is 1. The molecule has 3 rings (SSSR count). The van der Waals surface area contributed by atoms with Crippen molar-refractivity contribution in [3.05, 3.63) is 82.1 Å². The molecule has 0 spiro atoms. The quantitative estimate of drug-likeness (QED) is 0.903. The molecule has 4 heteroatoms. The van der Waals surface area contributed by atoms with Gasteiger partial charge < -0.3 is 9.84 Å². The van der Waals surface area contributed by atoms with Crippen molar-refractivity contribution in [2.24, 2.45) is 0 Å². The van der Waals surface area contributed by atoms with Gasteiger partial charge >= 0.3 is 5.97 Å². The van der Waals surface area contributed by atoms with Gasteiger partial charge in [0.15, 0.2) is 0 Å². The van der Waals surface area contributed by atoms with Crippen LogP contribution in [-0.4, -0.2) is 11.1 Å². The number of carboxylic acid groups (broad SMARTS) is 1. The van der Waals surface area contributed by atoms with Crippen LogP contribution in [0.15, 0.2) is 65.9 Å². The maximum Gasteiger partial charge on any atom is 0.335 e. The summed E-state index contributed by atoms with van der Waals surface area (Å²) in [5, 5.41) is 10.2. The van der Waals surface area contributed by atoms with Gasteiger partial charge in [0.2, 0.25) is 0 Å². The molecule has 112 valence electrons. The Labute approximate surface area is 133 Å². The van der Waals surface area contributed by atoms with E-state index < -0.39 is 5.97 Å². The maximum absolute atomic E-state index is 11.7. The molecule has 0 saturated heterocycles. The summed E-state index contributed by atoms with van der Waals surface area (Å²) in [5.41, 5.74) is 2.14. The molecule has 0 bridgehead atoms. The molecule has 0 aromatic heterocycles. The number of hydrogen-bond acceptors (Lipinski definition) is 2. The molecule has 0 fully saturated rings. The smallest absolute Gasteiger partial charge is 0.335 e.